The molecule has 0 aromatic heterocycles. The molecule has 0 aliphatic heterocycles. The van der Waals surface area contributed by atoms with Crippen LogP contribution in [0.4, 0.5) is 8.78 Å². The summed E-state index contributed by atoms with van der Waals surface area (Å²) < 4.78 is 27.1. The number of carbonyl (C=O) groups excluding carboxylic acids is 1. The largest absolute Gasteiger partial charge is 0.378 e. The van der Waals surface area contributed by atoms with Gasteiger partial charge in [0.1, 0.15) is 16.3 Å². The molecule has 0 heterocycles. The second-order valence-corrected chi connectivity index (χ2v) is 15.4. The van der Waals surface area contributed by atoms with E-state index < -0.39 is 27.8 Å². The Labute approximate surface area is 86.2 Å². The first-order valence-corrected chi connectivity index (χ1v) is 11.6. The molecule has 0 spiro atoms. The average molecular weight is 239 g/mol. The zero-order valence-electron chi connectivity index (χ0n) is 9.66. The summed E-state index contributed by atoms with van der Waals surface area (Å²) in [6.07, 6.45) is 0. The predicted octanol–water partition coefficient (Wildman–Crippen LogP) is 2.45. The fourth-order valence-corrected chi connectivity index (χ4v) is 2.47. The first-order valence-electron chi connectivity index (χ1n) is 4.58. The molecule has 0 fully saturated rings. The number of halogens is 2. The van der Waals surface area contributed by atoms with Crippen LogP contribution in [0.15, 0.2) is 0 Å². The van der Waals surface area contributed by atoms with Gasteiger partial charge in [-0.15, -0.1) is 0 Å². The summed E-state index contributed by atoms with van der Waals surface area (Å²) in [6.45, 7) is 9.96. The Morgan fingerprint density at radius 2 is 1.43 bits per heavy atom. The standard InChI is InChI=1S/C8H19F2NOSi2/c1-13(2,3)8(9,10)7(12)11-14(4,5)6/h1-6H3,(H,11,12). The highest BCUT2D eigenvalue weighted by Gasteiger charge is 2.52. The maximum Gasteiger partial charge on any atom is 0.302 e. The number of nitrogens with one attached hydrogen (secondary N) is 1. The lowest BCUT2D eigenvalue weighted by Crippen LogP contribution is -2.60. The molecule has 6 heteroatoms. The molecule has 0 unspecified atom stereocenters. The third-order valence-electron chi connectivity index (χ3n) is 1.72. The lowest BCUT2D eigenvalue weighted by atomic mass is 10.7. The SMILES string of the molecule is C[Si](C)(C)NC(=O)C(F)(F)[Si](C)(C)C. The fraction of sp³-hybridized carbons (Fsp3) is 0.875. The van der Waals surface area contributed by atoms with Crippen LogP contribution < -0.4 is 4.98 Å². The second-order valence-electron chi connectivity index (χ2n) is 5.53. The molecule has 0 aromatic rings. The van der Waals surface area contributed by atoms with Crippen LogP contribution in [-0.4, -0.2) is 27.8 Å². The van der Waals surface area contributed by atoms with Gasteiger partial charge in [-0.2, -0.15) is 0 Å². The maximum atomic E-state index is 13.5. The van der Waals surface area contributed by atoms with Gasteiger partial charge in [-0.05, 0) is 0 Å². The molecule has 2 nitrogen and oxygen atoms in total. The van der Waals surface area contributed by atoms with Crippen LogP contribution >= 0.6 is 0 Å². The topological polar surface area (TPSA) is 29.1 Å². The van der Waals surface area contributed by atoms with Crippen molar-refractivity contribution in [3.8, 4) is 0 Å². The summed E-state index contributed by atoms with van der Waals surface area (Å²) in [7, 11) is -4.74. The van der Waals surface area contributed by atoms with Gasteiger partial charge in [0.05, 0.1) is 0 Å². The van der Waals surface area contributed by atoms with Crippen molar-refractivity contribution in [2.24, 2.45) is 0 Å². The van der Waals surface area contributed by atoms with Crippen molar-refractivity contribution in [1.82, 2.24) is 4.98 Å². The first-order chi connectivity index (χ1) is 5.88. The van der Waals surface area contributed by atoms with Gasteiger partial charge in [-0.25, -0.2) is 8.78 Å². The molecule has 0 saturated heterocycles. The van der Waals surface area contributed by atoms with Gasteiger partial charge in [0, 0.05) is 0 Å². The van der Waals surface area contributed by atoms with E-state index in [4.69, 9.17) is 0 Å². The minimum Gasteiger partial charge on any atom is -0.378 e. The van der Waals surface area contributed by atoms with E-state index in [9.17, 15) is 13.6 Å². The van der Waals surface area contributed by atoms with E-state index in [1.165, 1.54) is 19.6 Å². The van der Waals surface area contributed by atoms with E-state index in [2.05, 4.69) is 4.98 Å². The maximum absolute atomic E-state index is 13.5. The van der Waals surface area contributed by atoms with Crippen LogP contribution in [0.3, 0.4) is 0 Å². The molecule has 14 heavy (non-hydrogen) atoms. The molecular formula is C8H19F2NOSi2. The Balaban J connectivity index is 4.70. The monoisotopic (exact) mass is 239 g/mol. The normalized spacial score (nSPS) is 14.0. The molecular weight excluding hydrogens is 220 g/mol. The fourth-order valence-electron chi connectivity index (χ4n) is 0.760. The van der Waals surface area contributed by atoms with E-state index in [-0.39, 0.29) is 0 Å². The van der Waals surface area contributed by atoms with Gasteiger partial charge in [0.15, 0.2) is 0 Å². The molecule has 0 aliphatic carbocycles. The van der Waals surface area contributed by atoms with Crippen molar-refractivity contribution in [2.75, 3.05) is 0 Å². The number of alkyl halides is 2. The summed E-state index contributed by atoms with van der Waals surface area (Å²) in [5.41, 5.74) is -3.17. The van der Waals surface area contributed by atoms with Crippen LogP contribution in [0.1, 0.15) is 0 Å². The molecule has 0 bridgehead atoms. The van der Waals surface area contributed by atoms with Gasteiger partial charge in [0.2, 0.25) is 0 Å². The van der Waals surface area contributed by atoms with Crippen LogP contribution in [-0.2, 0) is 4.79 Å². The van der Waals surface area contributed by atoms with E-state index in [1.807, 2.05) is 19.6 Å². The average Bonchev–Trinajstić information content (AvgIpc) is 1.80. The molecule has 1 N–H and O–H groups in total. The van der Waals surface area contributed by atoms with Crippen LogP contribution in [0.5, 0.6) is 0 Å². The van der Waals surface area contributed by atoms with Gasteiger partial charge < -0.3 is 4.98 Å². The number of carbonyl (C=O) groups is 1. The van der Waals surface area contributed by atoms with E-state index in [0.717, 1.165) is 0 Å². The van der Waals surface area contributed by atoms with Crippen LogP contribution in [0, 0.1) is 0 Å². The Bertz CT molecular complexity index is 230. The number of hydrogen-bond donors (Lipinski definition) is 1. The zero-order chi connectivity index (χ0) is 11.8. The van der Waals surface area contributed by atoms with Crippen LogP contribution in [0.2, 0.25) is 39.3 Å². The summed E-state index contributed by atoms with van der Waals surface area (Å²) in [5.74, 6) is -1.09. The van der Waals surface area contributed by atoms with Crippen molar-refractivity contribution in [2.45, 2.75) is 44.8 Å². The Morgan fingerprint density at radius 1 is 1.07 bits per heavy atom. The summed E-state index contributed by atoms with van der Waals surface area (Å²) in [5, 5.41) is 0. The molecule has 1 amide bonds. The van der Waals surface area contributed by atoms with Crippen molar-refractivity contribution in [1.29, 1.82) is 0 Å². The summed E-state index contributed by atoms with van der Waals surface area (Å²) >= 11 is 0. The number of hydrogen-bond acceptors (Lipinski definition) is 1. The van der Waals surface area contributed by atoms with E-state index >= 15 is 0 Å². The predicted molar refractivity (Wildman–Crippen MR) is 59.8 cm³/mol. The smallest absolute Gasteiger partial charge is 0.302 e. The number of amides is 1. The highest BCUT2D eigenvalue weighted by molar-refractivity contribution is 6.83. The van der Waals surface area contributed by atoms with Gasteiger partial charge in [-0.1, -0.05) is 39.3 Å². The molecule has 0 rings (SSSR count). The molecule has 0 atom stereocenters. The Hall–Kier alpha value is -0.236. The Morgan fingerprint density at radius 3 is 1.64 bits per heavy atom. The molecule has 0 saturated carbocycles. The van der Waals surface area contributed by atoms with Gasteiger partial charge in [-0.3, -0.25) is 4.79 Å². The quantitative estimate of drug-likeness (QED) is 0.753. The Kier molecular flexibility index (Phi) is 3.67. The minimum atomic E-state index is -3.17. The second kappa shape index (κ2) is 3.73. The lowest BCUT2D eigenvalue weighted by molar-refractivity contribution is -0.135. The third-order valence-corrected chi connectivity index (χ3v) is 4.80. The van der Waals surface area contributed by atoms with Crippen LogP contribution in [0.25, 0.3) is 0 Å². The van der Waals surface area contributed by atoms with Gasteiger partial charge in [0.25, 0.3) is 5.91 Å². The van der Waals surface area contributed by atoms with Gasteiger partial charge >= 0.3 is 5.55 Å². The van der Waals surface area contributed by atoms with Crippen molar-refractivity contribution < 1.29 is 13.6 Å². The van der Waals surface area contributed by atoms with E-state index in [1.54, 1.807) is 0 Å². The van der Waals surface area contributed by atoms with E-state index in [0.29, 0.717) is 0 Å². The van der Waals surface area contributed by atoms with Crippen molar-refractivity contribution in [3.05, 3.63) is 0 Å². The molecule has 84 valence electrons. The summed E-state index contributed by atoms with van der Waals surface area (Å²) in [4.78, 5) is 13.8. The van der Waals surface area contributed by atoms with Crippen molar-refractivity contribution in [3.63, 3.8) is 0 Å². The molecule has 0 radical (unpaired) electrons. The minimum absolute atomic E-state index is 1.09. The summed E-state index contributed by atoms with van der Waals surface area (Å²) in [6, 6.07) is 0. The first kappa shape index (κ1) is 13.8. The number of rotatable bonds is 3. The molecule has 0 aliphatic rings. The third kappa shape index (κ3) is 3.49. The van der Waals surface area contributed by atoms with Crippen molar-refractivity contribution >= 4 is 22.2 Å². The molecule has 0 aromatic carbocycles. The zero-order valence-corrected chi connectivity index (χ0v) is 11.7. The lowest BCUT2D eigenvalue weighted by Gasteiger charge is -2.30. The highest BCUT2D eigenvalue weighted by atomic mass is 28.3. The highest BCUT2D eigenvalue weighted by Crippen LogP contribution is 2.27.